The van der Waals surface area contributed by atoms with Gasteiger partial charge in [0.2, 0.25) is 0 Å². The van der Waals surface area contributed by atoms with Crippen LogP contribution in [0.4, 0.5) is 0 Å². The molecule has 0 bridgehead atoms. The summed E-state index contributed by atoms with van der Waals surface area (Å²) in [6.45, 7) is 4.54. The molecule has 7 nitrogen and oxygen atoms in total. The van der Waals surface area contributed by atoms with Crippen molar-refractivity contribution in [2.45, 2.75) is 39.2 Å². The van der Waals surface area contributed by atoms with Gasteiger partial charge < -0.3 is 9.30 Å². The molecule has 1 aliphatic rings. The third kappa shape index (κ3) is 2.80. The Balaban J connectivity index is 1.85. The van der Waals surface area contributed by atoms with Crippen LogP contribution >= 0.6 is 0 Å². The van der Waals surface area contributed by atoms with E-state index in [1.807, 2.05) is 41.1 Å². The van der Waals surface area contributed by atoms with Crippen LogP contribution in [0.3, 0.4) is 0 Å². The average Bonchev–Trinajstić information content (AvgIpc) is 3.23. The number of fused-ring (bicyclic) bond motifs is 2. The van der Waals surface area contributed by atoms with Gasteiger partial charge in [-0.3, -0.25) is 4.79 Å². The van der Waals surface area contributed by atoms with E-state index in [2.05, 4.69) is 28.9 Å². The molecule has 0 amide bonds. The summed E-state index contributed by atoms with van der Waals surface area (Å²) < 4.78 is 9.15. The number of aromatic nitrogens is 5. The van der Waals surface area contributed by atoms with Crippen LogP contribution in [0.1, 0.15) is 39.2 Å². The number of hydrogen-bond acceptors (Lipinski definition) is 5. The molecule has 0 N–H and O–H groups in total. The molecule has 1 aliphatic carbocycles. The highest BCUT2D eigenvalue weighted by Crippen LogP contribution is 2.38. The topological polar surface area (TPSA) is 74.3 Å². The fraction of sp³-hybridized carbons (Fsp3) is 0.391. The van der Waals surface area contributed by atoms with Crippen LogP contribution in [0.2, 0.25) is 0 Å². The van der Waals surface area contributed by atoms with Gasteiger partial charge in [-0.25, -0.2) is 4.98 Å². The van der Waals surface area contributed by atoms with Crippen LogP contribution in [0.25, 0.3) is 27.9 Å². The number of ether oxygens (including phenoxy) is 1. The molecule has 1 saturated carbocycles. The molecule has 3 atom stereocenters. The Morgan fingerprint density at radius 1 is 1.13 bits per heavy atom. The Hall–Kier alpha value is -3.22. The Bertz CT molecular complexity index is 1290. The van der Waals surface area contributed by atoms with Crippen molar-refractivity contribution in [3.63, 3.8) is 0 Å². The van der Waals surface area contributed by atoms with E-state index >= 15 is 0 Å². The molecule has 5 rings (SSSR count). The third-order valence-electron chi connectivity index (χ3n) is 6.68. The van der Waals surface area contributed by atoms with Gasteiger partial charge in [0.15, 0.2) is 0 Å². The van der Waals surface area contributed by atoms with Gasteiger partial charge in [-0.15, -0.1) is 0 Å². The van der Waals surface area contributed by atoms with Gasteiger partial charge in [-0.2, -0.15) is 14.6 Å². The second-order valence-electron chi connectivity index (χ2n) is 8.26. The zero-order valence-corrected chi connectivity index (χ0v) is 17.4. The molecular weight excluding hydrogens is 378 g/mol. The van der Waals surface area contributed by atoms with Gasteiger partial charge in [0.1, 0.15) is 12.1 Å². The van der Waals surface area contributed by atoms with Crippen LogP contribution in [0.15, 0.2) is 47.7 Å². The Morgan fingerprint density at radius 2 is 1.97 bits per heavy atom. The first-order valence-corrected chi connectivity index (χ1v) is 10.5. The lowest BCUT2D eigenvalue weighted by molar-refractivity contribution is 0.183. The fourth-order valence-electron chi connectivity index (χ4n) is 4.84. The summed E-state index contributed by atoms with van der Waals surface area (Å²) in [5.74, 6) is 2.17. The Kier molecular flexibility index (Phi) is 4.53. The molecule has 0 spiro atoms. The number of rotatable bonds is 3. The lowest BCUT2D eigenvalue weighted by Crippen LogP contribution is -2.33. The molecule has 4 aromatic rings. The molecule has 0 saturated heterocycles. The minimum atomic E-state index is -0.0377. The molecule has 7 heteroatoms. The highest BCUT2D eigenvalue weighted by atomic mass is 16.5. The summed E-state index contributed by atoms with van der Waals surface area (Å²) in [4.78, 5) is 22.7. The van der Waals surface area contributed by atoms with Crippen molar-refractivity contribution in [1.29, 1.82) is 0 Å². The number of hydrogen-bond donors (Lipinski definition) is 0. The van der Waals surface area contributed by atoms with E-state index in [0.717, 1.165) is 18.4 Å². The quantitative estimate of drug-likeness (QED) is 0.515. The smallest absolute Gasteiger partial charge is 0.262 e. The van der Waals surface area contributed by atoms with Gasteiger partial charge in [0, 0.05) is 17.8 Å². The van der Waals surface area contributed by atoms with Crippen LogP contribution < -0.4 is 10.3 Å². The minimum absolute atomic E-state index is 0.0377. The molecule has 154 valence electrons. The number of nitrogens with zero attached hydrogens (tertiary/aromatic N) is 5. The summed E-state index contributed by atoms with van der Waals surface area (Å²) in [6.07, 6.45) is 6.73. The number of benzene rings is 1. The number of para-hydroxylation sites is 1. The summed E-state index contributed by atoms with van der Waals surface area (Å²) in [5.41, 5.74) is 2.04. The molecule has 1 aromatic carbocycles. The SMILES string of the molecule is COc1ccccc1-c1c2c(=O)n([C@@H]3CCC[C@@H](C)[C@@H]3C)ccc2nc2ncnn12. The predicted molar refractivity (Wildman–Crippen MR) is 116 cm³/mol. The summed E-state index contributed by atoms with van der Waals surface area (Å²) >= 11 is 0. The van der Waals surface area contributed by atoms with Gasteiger partial charge in [-0.05, 0) is 36.5 Å². The van der Waals surface area contributed by atoms with Crippen molar-refractivity contribution in [1.82, 2.24) is 24.1 Å². The second kappa shape index (κ2) is 7.23. The summed E-state index contributed by atoms with van der Waals surface area (Å²) in [7, 11) is 1.63. The lowest BCUT2D eigenvalue weighted by Gasteiger charge is -2.35. The van der Waals surface area contributed by atoms with Crippen LogP contribution in [-0.2, 0) is 0 Å². The largest absolute Gasteiger partial charge is 0.496 e. The van der Waals surface area contributed by atoms with Crippen LogP contribution in [-0.4, -0.2) is 31.3 Å². The van der Waals surface area contributed by atoms with Crippen molar-refractivity contribution in [3.05, 3.63) is 53.2 Å². The summed E-state index contributed by atoms with van der Waals surface area (Å²) in [5, 5.41) is 4.92. The molecular formula is C23H25N5O2. The number of pyridine rings is 1. The molecule has 1 fully saturated rings. The highest BCUT2D eigenvalue weighted by molar-refractivity contribution is 5.94. The van der Waals surface area contributed by atoms with Crippen molar-refractivity contribution in [2.75, 3.05) is 7.11 Å². The van der Waals surface area contributed by atoms with Gasteiger partial charge >= 0.3 is 0 Å². The normalized spacial score (nSPS) is 21.9. The maximum Gasteiger partial charge on any atom is 0.262 e. The van der Waals surface area contributed by atoms with Crippen molar-refractivity contribution in [3.8, 4) is 17.0 Å². The van der Waals surface area contributed by atoms with Gasteiger partial charge in [0.25, 0.3) is 11.3 Å². The van der Waals surface area contributed by atoms with E-state index in [1.165, 1.54) is 12.7 Å². The van der Waals surface area contributed by atoms with Crippen molar-refractivity contribution < 1.29 is 4.74 Å². The Morgan fingerprint density at radius 3 is 2.80 bits per heavy atom. The van der Waals surface area contributed by atoms with E-state index < -0.39 is 0 Å². The number of methoxy groups -OCH3 is 1. The van der Waals surface area contributed by atoms with E-state index in [1.54, 1.807) is 11.6 Å². The minimum Gasteiger partial charge on any atom is -0.496 e. The molecule has 3 heterocycles. The molecule has 0 aliphatic heterocycles. The zero-order valence-electron chi connectivity index (χ0n) is 17.4. The first-order valence-electron chi connectivity index (χ1n) is 10.5. The van der Waals surface area contributed by atoms with E-state index in [4.69, 9.17) is 4.74 Å². The second-order valence-corrected chi connectivity index (χ2v) is 8.26. The zero-order chi connectivity index (χ0) is 20.8. The van der Waals surface area contributed by atoms with Crippen LogP contribution in [0, 0.1) is 11.8 Å². The first kappa shape index (κ1) is 18.8. The molecule has 3 aromatic heterocycles. The van der Waals surface area contributed by atoms with Crippen LogP contribution in [0.5, 0.6) is 5.75 Å². The standard InChI is InChI=1S/C23H25N5O2/c1-14-7-6-9-18(15(14)2)27-12-11-17-20(22(27)29)21(28-23(26-17)24-13-25-28)16-8-4-5-10-19(16)30-3/h4-5,8,10-15,18H,6-7,9H2,1-3H3/t14-,15+,18-/m1/s1. The Labute approximate surface area is 174 Å². The predicted octanol–water partition coefficient (Wildman–Crippen LogP) is 4.11. The summed E-state index contributed by atoms with van der Waals surface area (Å²) in [6, 6.07) is 9.78. The molecule has 30 heavy (non-hydrogen) atoms. The maximum absolute atomic E-state index is 13.9. The van der Waals surface area contributed by atoms with Crippen molar-refractivity contribution >= 4 is 16.7 Å². The highest BCUT2D eigenvalue weighted by Gasteiger charge is 2.30. The lowest BCUT2D eigenvalue weighted by atomic mass is 9.78. The average molecular weight is 403 g/mol. The van der Waals surface area contributed by atoms with E-state index in [-0.39, 0.29) is 11.6 Å². The fourth-order valence-corrected chi connectivity index (χ4v) is 4.84. The molecule has 0 unspecified atom stereocenters. The van der Waals surface area contributed by atoms with E-state index in [0.29, 0.717) is 40.0 Å². The first-order chi connectivity index (χ1) is 14.6. The monoisotopic (exact) mass is 403 g/mol. The van der Waals surface area contributed by atoms with Gasteiger partial charge in [-0.1, -0.05) is 38.8 Å². The molecule has 0 radical (unpaired) electrons. The van der Waals surface area contributed by atoms with E-state index in [9.17, 15) is 4.79 Å². The maximum atomic E-state index is 13.9. The third-order valence-corrected chi connectivity index (χ3v) is 6.68. The van der Waals surface area contributed by atoms with Gasteiger partial charge in [0.05, 0.1) is 23.7 Å². The van der Waals surface area contributed by atoms with Crippen molar-refractivity contribution in [2.24, 2.45) is 11.8 Å².